The maximum absolute atomic E-state index is 12.3. The average Bonchev–Trinajstić information content (AvgIpc) is 2.68. The predicted molar refractivity (Wildman–Crippen MR) is 97.3 cm³/mol. The molecule has 0 aliphatic rings. The number of benzene rings is 1. The zero-order chi connectivity index (χ0) is 20.4. The van der Waals surface area contributed by atoms with Gasteiger partial charge in [-0.05, 0) is 26.0 Å². The van der Waals surface area contributed by atoms with E-state index in [1.54, 1.807) is 13.8 Å². The van der Waals surface area contributed by atoms with Crippen LogP contribution in [0.3, 0.4) is 0 Å². The highest BCUT2D eigenvalue weighted by Crippen LogP contribution is 2.38. The quantitative estimate of drug-likeness (QED) is 0.599. The summed E-state index contributed by atoms with van der Waals surface area (Å²) in [6.45, 7) is 3.74. The van der Waals surface area contributed by atoms with E-state index in [9.17, 15) is 14.4 Å². The molecule has 1 aromatic carbocycles. The standard InChI is InChI=1S/C18H26N2O7/c1-6-19-15(21)10-20(7-2)16(22)11-27-18(23)12-8-13(24-3)17(26-5)14(9-12)25-4/h8-9H,6-7,10-11H2,1-5H3,(H,19,21). The molecule has 0 bridgehead atoms. The molecule has 2 amide bonds. The minimum absolute atomic E-state index is 0.0924. The fourth-order valence-corrected chi connectivity index (χ4v) is 2.30. The van der Waals surface area contributed by atoms with Crippen molar-refractivity contribution in [3.8, 4) is 17.2 Å². The third kappa shape index (κ3) is 6.05. The van der Waals surface area contributed by atoms with E-state index in [0.717, 1.165) is 0 Å². The summed E-state index contributed by atoms with van der Waals surface area (Å²) in [5, 5.41) is 2.61. The van der Waals surface area contributed by atoms with Crippen molar-refractivity contribution in [1.82, 2.24) is 10.2 Å². The van der Waals surface area contributed by atoms with Gasteiger partial charge in [-0.2, -0.15) is 0 Å². The molecule has 27 heavy (non-hydrogen) atoms. The molecule has 0 radical (unpaired) electrons. The predicted octanol–water partition coefficient (Wildman–Crippen LogP) is 0.854. The highest BCUT2D eigenvalue weighted by atomic mass is 16.5. The highest BCUT2D eigenvalue weighted by Gasteiger charge is 2.20. The van der Waals surface area contributed by atoms with Crippen LogP contribution in [0.1, 0.15) is 24.2 Å². The van der Waals surface area contributed by atoms with Gasteiger partial charge in [0.1, 0.15) is 0 Å². The zero-order valence-corrected chi connectivity index (χ0v) is 16.3. The van der Waals surface area contributed by atoms with Gasteiger partial charge in [-0.15, -0.1) is 0 Å². The van der Waals surface area contributed by atoms with Crippen LogP contribution in [0.15, 0.2) is 12.1 Å². The molecule has 0 fully saturated rings. The molecule has 1 N–H and O–H groups in total. The third-order valence-corrected chi connectivity index (χ3v) is 3.67. The lowest BCUT2D eigenvalue weighted by molar-refractivity contribution is -0.138. The molecule has 0 spiro atoms. The number of carbonyl (C=O) groups excluding carboxylic acids is 3. The van der Waals surface area contributed by atoms with Gasteiger partial charge in [-0.3, -0.25) is 9.59 Å². The van der Waals surface area contributed by atoms with Crippen molar-refractivity contribution in [1.29, 1.82) is 0 Å². The van der Waals surface area contributed by atoms with E-state index in [2.05, 4.69) is 5.32 Å². The van der Waals surface area contributed by atoms with E-state index in [0.29, 0.717) is 30.3 Å². The molecular formula is C18H26N2O7. The Hall–Kier alpha value is -2.97. The van der Waals surface area contributed by atoms with Crippen molar-refractivity contribution in [2.45, 2.75) is 13.8 Å². The second-order valence-corrected chi connectivity index (χ2v) is 5.35. The van der Waals surface area contributed by atoms with Gasteiger partial charge in [0.2, 0.25) is 11.7 Å². The van der Waals surface area contributed by atoms with Gasteiger partial charge in [-0.25, -0.2) is 4.79 Å². The SMILES string of the molecule is CCNC(=O)CN(CC)C(=O)COC(=O)c1cc(OC)c(OC)c(OC)c1. The monoisotopic (exact) mass is 382 g/mol. The maximum atomic E-state index is 12.3. The third-order valence-electron chi connectivity index (χ3n) is 3.67. The Morgan fingerprint density at radius 3 is 2.04 bits per heavy atom. The average molecular weight is 382 g/mol. The van der Waals surface area contributed by atoms with E-state index >= 15 is 0 Å². The van der Waals surface area contributed by atoms with Crippen molar-refractivity contribution < 1.29 is 33.3 Å². The Morgan fingerprint density at radius 2 is 1.59 bits per heavy atom. The molecule has 1 rings (SSSR count). The summed E-state index contributed by atoms with van der Waals surface area (Å²) >= 11 is 0. The molecule has 0 aliphatic carbocycles. The van der Waals surface area contributed by atoms with Gasteiger partial charge >= 0.3 is 5.97 Å². The molecule has 0 aromatic heterocycles. The van der Waals surface area contributed by atoms with Crippen molar-refractivity contribution in [3.05, 3.63) is 17.7 Å². The molecule has 0 heterocycles. The van der Waals surface area contributed by atoms with Crippen LogP contribution in [0.25, 0.3) is 0 Å². The van der Waals surface area contributed by atoms with Crippen LogP contribution in [0.4, 0.5) is 0 Å². The molecular weight excluding hydrogens is 356 g/mol. The summed E-state index contributed by atoms with van der Waals surface area (Å²) in [6.07, 6.45) is 0. The molecule has 9 nitrogen and oxygen atoms in total. The number of hydrogen-bond acceptors (Lipinski definition) is 7. The Bertz CT molecular complexity index is 651. The smallest absolute Gasteiger partial charge is 0.338 e. The minimum atomic E-state index is -0.725. The lowest BCUT2D eigenvalue weighted by atomic mass is 10.2. The van der Waals surface area contributed by atoms with E-state index in [-0.39, 0.29) is 18.0 Å². The van der Waals surface area contributed by atoms with Gasteiger partial charge in [0.05, 0.1) is 33.4 Å². The first-order chi connectivity index (χ1) is 12.9. The first-order valence-electron chi connectivity index (χ1n) is 8.43. The highest BCUT2D eigenvalue weighted by molar-refractivity contribution is 5.93. The van der Waals surface area contributed by atoms with E-state index in [4.69, 9.17) is 18.9 Å². The van der Waals surface area contributed by atoms with Crippen LogP contribution in [-0.4, -0.2) is 70.3 Å². The first kappa shape index (κ1) is 22.1. The van der Waals surface area contributed by atoms with Crippen LogP contribution in [-0.2, 0) is 14.3 Å². The summed E-state index contributed by atoms with van der Waals surface area (Å²) in [6, 6.07) is 2.86. The number of carbonyl (C=O) groups is 3. The van der Waals surface area contributed by atoms with Crippen molar-refractivity contribution in [2.24, 2.45) is 0 Å². The summed E-state index contributed by atoms with van der Waals surface area (Å²) in [5.74, 6) is -0.542. The maximum Gasteiger partial charge on any atom is 0.338 e. The largest absolute Gasteiger partial charge is 0.493 e. The molecule has 150 valence electrons. The Morgan fingerprint density at radius 1 is 1.00 bits per heavy atom. The van der Waals surface area contributed by atoms with Crippen LogP contribution >= 0.6 is 0 Å². The lowest BCUT2D eigenvalue weighted by Gasteiger charge is -2.20. The van der Waals surface area contributed by atoms with Crippen LogP contribution < -0.4 is 19.5 Å². The van der Waals surface area contributed by atoms with Crippen LogP contribution in [0, 0.1) is 0 Å². The fraction of sp³-hybridized carbons (Fsp3) is 0.500. The van der Waals surface area contributed by atoms with Gasteiger partial charge < -0.3 is 29.2 Å². The number of ether oxygens (including phenoxy) is 4. The molecule has 0 unspecified atom stereocenters. The Kier molecular flexibility index (Phi) is 8.91. The van der Waals surface area contributed by atoms with Gasteiger partial charge in [-0.1, -0.05) is 0 Å². The molecule has 9 heteroatoms. The van der Waals surface area contributed by atoms with Gasteiger partial charge in [0.25, 0.3) is 5.91 Å². The fourth-order valence-electron chi connectivity index (χ4n) is 2.30. The molecule has 0 saturated carbocycles. The number of likely N-dealkylation sites (N-methyl/N-ethyl adjacent to an activating group) is 2. The van der Waals surface area contributed by atoms with Crippen LogP contribution in [0.2, 0.25) is 0 Å². The van der Waals surface area contributed by atoms with Crippen molar-refractivity contribution >= 4 is 17.8 Å². The van der Waals surface area contributed by atoms with E-state index in [1.165, 1.54) is 38.4 Å². The van der Waals surface area contributed by atoms with E-state index < -0.39 is 18.5 Å². The Labute approximate surface area is 158 Å². The lowest BCUT2D eigenvalue weighted by Crippen LogP contribution is -2.42. The second kappa shape index (κ2) is 10.9. The van der Waals surface area contributed by atoms with Crippen LogP contribution in [0.5, 0.6) is 17.2 Å². The molecule has 0 saturated heterocycles. The number of rotatable bonds is 10. The molecule has 0 atom stereocenters. The number of amides is 2. The van der Waals surface area contributed by atoms with Crippen molar-refractivity contribution in [2.75, 3.05) is 47.6 Å². The minimum Gasteiger partial charge on any atom is -0.493 e. The topological polar surface area (TPSA) is 103 Å². The van der Waals surface area contributed by atoms with Gasteiger partial charge in [0.15, 0.2) is 18.1 Å². The molecule has 1 aromatic rings. The number of methoxy groups -OCH3 is 3. The Balaban J connectivity index is 2.81. The second-order valence-electron chi connectivity index (χ2n) is 5.35. The number of hydrogen-bond donors (Lipinski definition) is 1. The summed E-state index contributed by atoms with van der Waals surface area (Å²) in [4.78, 5) is 37.4. The molecule has 0 aliphatic heterocycles. The number of nitrogens with one attached hydrogen (secondary N) is 1. The summed E-state index contributed by atoms with van der Waals surface area (Å²) < 4.78 is 20.6. The normalized spacial score (nSPS) is 9.96. The summed E-state index contributed by atoms with van der Waals surface area (Å²) in [7, 11) is 4.30. The first-order valence-corrected chi connectivity index (χ1v) is 8.43. The summed E-state index contributed by atoms with van der Waals surface area (Å²) in [5.41, 5.74) is 0.143. The van der Waals surface area contributed by atoms with E-state index in [1.807, 2.05) is 0 Å². The van der Waals surface area contributed by atoms with Gasteiger partial charge in [0, 0.05) is 13.1 Å². The zero-order valence-electron chi connectivity index (χ0n) is 16.3. The van der Waals surface area contributed by atoms with Crippen molar-refractivity contribution in [3.63, 3.8) is 0 Å². The number of esters is 1. The number of nitrogens with zero attached hydrogens (tertiary/aromatic N) is 1.